The summed E-state index contributed by atoms with van der Waals surface area (Å²) < 4.78 is 5.06. The first-order valence-corrected chi connectivity index (χ1v) is 8.87. The van der Waals surface area contributed by atoms with Crippen molar-refractivity contribution in [3.05, 3.63) is 27.2 Å². The third kappa shape index (κ3) is 5.24. The van der Waals surface area contributed by atoms with Crippen LogP contribution in [-0.2, 0) is 14.3 Å². The molecule has 24 heavy (non-hydrogen) atoms. The van der Waals surface area contributed by atoms with E-state index in [0.717, 1.165) is 19.4 Å². The van der Waals surface area contributed by atoms with E-state index in [1.165, 1.54) is 12.1 Å². The molecule has 1 aromatic rings. The normalized spacial score (nSPS) is 18.2. The minimum absolute atomic E-state index is 0.173. The third-order valence-corrected chi connectivity index (χ3v) is 4.81. The number of esters is 1. The summed E-state index contributed by atoms with van der Waals surface area (Å²) in [6.07, 6.45) is 1.64. The van der Waals surface area contributed by atoms with Crippen molar-refractivity contribution in [2.45, 2.75) is 19.8 Å². The zero-order chi connectivity index (χ0) is 17.7. The van der Waals surface area contributed by atoms with Crippen molar-refractivity contribution in [1.29, 1.82) is 0 Å². The topological polar surface area (TPSA) is 58.6 Å². The van der Waals surface area contributed by atoms with Gasteiger partial charge in [-0.2, -0.15) is 0 Å². The highest BCUT2D eigenvalue weighted by Gasteiger charge is 2.27. The number of carbonyl (C=O) groups excluding carboxylic acids is 2. The molecule has 1 atom stereocenters. The fraction of sp³-hybridized carbons (Fsp3) is 0.500. The highest BCUT2D eigenvalue weighted by molar-refractivity contribution is 6.44. The summed E-state index contributed by atoms with van der Waals surface area (Å²) in [6.45, 7) is 3.60. The smallest absolute Gasteiger partial charge is 0.310 e. The Morgan fingerprint density at radius 3 is 2.67 bits per heavy atom. The fourth-order valence-electron chi connectivity index (χ4n) is 2.66. The largest absolute Gasteiger partial charge is 0.466 e. The number of hydrogen-bond donors (Lipinski definition) is 1. The summed E-state index contributed by atoms with van der Waals surface area (Å²) in [5.74, 6) is -0.602. The number of amides is 1. The summed E-state index contributed by atoms with van der Waals surface area (Å²) in [7, 11) is 0. The number of piperidine rings is 1. The molecule has 1 amide bonds. The molecule has 1 fully saturated rings. The van der Waals surface area contributed by atoms with Gasteiger partial charge >= 0.3 is 5.97 Å². The van der Waals surface area contributed by atoms with Gasteiger partial charge in [-0.15, -0.1) is 0 Å². The maximum Gasteiger partial charge on any atom is 0.310 e. The van der Waals surface area contributed by atoms with Crippen molar-refractivity contribution >= 4 is 52.4 Å². The summed E-state index contributed by atoms with van der Waals surface area (Å²) in [5, 5.41) is 3.69. The average molecular weight is 394 g/mol. The maximum atomic E-state index is 12.2. The highest BCUT2D eigenvalue weighted by atomic mass is 35.5. The van der Waals surface area contributed by atoms with E-state index in [1.807, 2.05) is 4.90 Å². The van der Waals surface area contributed by atoms with Crippen LogP contribution in [0.3, 0.4) is 0 Å². The Morgan fingerprint density at radius 1 is 1.25 bits per heavy atom. The number of rotatable bonds is 5. The van der Waals surface area contributed by atoms with Crippen LogP contribution in [0, 0.1) is 5.92 Å². The van der Waals surface area contributed by atoms with Crippen molar-refractivity contribution in [3.8, 4) is 0 Å². The highest BCUT2D eigenvalue weighted by Crippen LogP contribution is 2.32. The lowest BCUT2D eigenvalue weighted by atomic mass is 9.98. The van der Waals surface area contributed by atoms with Gasteiger partial charge in [-0.3, -0.25) is 14.5 Å². The number of likely N-dealkylation sites (tertiary alicyclic amines) is 1. The van der Waals surface area contributed by atoms with Gasteiger partial charge in [-0.1, -0.05) is 34.8 Å². The number of hydrogen-bond acceptors (Lipinski definition) is 4. The molecule has 1 aliphatic rings. The number of anilines is 1. The standard InChI is InChI=1S/C16H19Cl3N2O3/c1-2-24-16(23)10-4-3-5-21(8-10)9-15(22)20-14-7-12(18)11(17)6-13(14)19/h6-7,10H,2-5,8-9H2,1H3,(H,20,22)/t10-/m1/s1. The molecular weight excluding hydrogens is 375 g/mol. The molecule has 8 heteroatoms. The predicted octanol–water partition coefficient (Wildman–Crippen LogP) is 3.86. The van der Waals surface area contributed by atoms with E-state index in [0.29, 0.717) is 33.9 Å². The van der Waals surface area contributed by atoms with Gasteiger partial charge in [-0.05, 0) is 38.4 Å². The zero-order valence-electron chi connectivity index (χ0n) is 13.3. The van der Waals surface area contributed by atoms with Gasteiger partial charge in [0.2, 0.25) is 5.91 Å². The quantitative estimate of drug-likeness (QED) is 0.609. The molecule has 0 spiro atoms. The van der Waals surface area contributed by atoms with E-state index in [1.54, 1.807) is 6.92 Å². The summed E-state index contributed by atoms with van der Waals surface area (Å²) in [5.41, 5.74) is 0.412. The van der Waals surface area contributed by atoms with Crippen molar-refractivity contribution in [1.82, 2.24) is 4.90 Å². The second-order valence-corrected chi connectivity index (χ2v) is 6.84. The molecule has 0 unspecified atom stereocenters. The third-order valence-electron chi connectivity index (χ3n) is 3.78. The molecule has 0 aliphatic carbocycles. The van der Waals surface area contributed by atoms with Crippen LogP contribution in [0.25, 0.3) is 0 Å². The van der Waals surface area contributed by atoms with E-state index >= 15 is 0 Å². The Balaban J connectivity index is 1.92. The van der Waals surface area contributed by atoms with Crippen molar-refractivity contribution in [3.63, 3.8) is 0 Å². The van der Waals surface area contributed by atoms with Crippen LogP contribution in [0.4, 0.5) is 5.69 Å². The SMILES string of the molecule is CCOC(=O)[C@@H]1CCCN(CC(=O)Nc2cc(Cl)c(Cl)cc2Cl)C1. The Hall–Kier alpha value is -1.01. The first-order valence-electron chi connectivity index (χ1n) is 7.74. The van der Waals surface area contributed by atoms with Gasteiger partial charge in [-0.25, -0.2) is 0 Å². The molecule has 5 nitrogen and oxygen atoms in total. The molecule has 0 saturated carbocycles. The number of halogens is 3. The van der Waals surface area contributed by atoms with Crippen LogP contribution in [0.15, 0.2) is 12.1 Å². The lowest BCUT2D eigenvalue weighted by Gasteiger charge is -2.30. The van der Waals surface area contributed by atoms with Crippen LogP contribution in [0.1, 0.15) is 19.8 Å². The van der Waals surface area contributed by atoms with Gasteiger partial charge in [0.1, 0.15) is 0 Å². The van der Waals surface area contributed by atoms with Gasteiger partial charge in [0.25, 0.3) is 0 Å². The second kappa shape index (κ2) is 8.90. The first kappa shape index (κ1) is 19.3. The molecule has 2 rings (SSSR count). The van der Waals surface area contributed by atoms with Crippen molar-refractivity contribution in [2.24, 2.45) is 5.92 Å². The number of nitrogens with one attached hydrogen (secondary N) is 1. The number of nitrogens with zero attached hydrogens (tertiary/aromatic N) is 1. The number of ether oxygens (including phenoxy) is 1. The molecule has 1 heterocycles. The Labute approximate surface area is 156 Å². The van der Waals surface area contributed by atoms with Crippen LogP contribution in [0.2, 0.25) is 15.1 Å². The molecular formula is C16H19Cl3N2O3. The summed E-state index contributed by atoms with van der Waals surface area (Å²) >= 11 is 17.9. The van der Waals surface area contributed by atoms with Crippen LogP contribution in [-0.4, -0.2) is 43.0 Å². The second-order valence-electron chi connectivity index (χ2n) is 5.62. The number of benzene rings is 1. The molecule has 0 aromatic heterocycles. The molecule has 132 valence electrons. The monoisotopic (exact) mass is 392 g/mol. The van der Waals surface area contributed by atoms with Gasteiger partial charge in [0.05, 0.1) is 39.8 Å². The zero-order valence-corrected chi connectivity index (χ0v) is 15.5. The van der Waals surface area contributed by atoms with E-state index in [-0.39, 0.29) is 24.3 Å². The van der Waals surface area contributed by atoms with Crippen molar-refractivity contribution in [2.75, 3.05) is 31.6 Å². The van der Waals surface area contributed by atoms with E-state index in [9.17, 15) is 9.59 Å². The molecule has 1 aliphatic heterocycles. The van der Waals surface area contributed by atoms with Crippen LogP contribution >= 0.6 is 34.8 Å². The lowest BCUT2D eigenvalue weighted by molar-refractivity contribution is -0.150. The van der Waals surface area contributed by atoms with Gasteiger partial charge in [0.15, 0.2) is 0 Å². The van der Waals surface area contributed by atoms with Crippen LogP contribution in [0.5, 0.6) is 0 Å². The fourth-order valence-corrected chi connectivity index (χ4v) is 3.26. The summed E-state index contributed by atoms with van der Waals surface area (Å²) in [4.78, 5) is 26.0. The molecule has 0 bridgehead atoms. The average Bonchev–Trinajstić information content (AvgIpc) is 2.53. The Kier molecular flexibility index (Phi) is 7.16. The molecule has 1 aromatic carbocycles. The van der Waals surface area contributed by atoms with E-state index in [4.69, 9.17) is 39.5 Å². The van der Waals surface area contributed by atoms with E-state index < -0.39 is 0 Å². The lowest BCUT2D eigenvalue weighted by Crippen LogP contribution is -2.43. The number of carbonyl (C=O) groups is 2. The van der Waals surface area contributed by atoms with Crippen LogP contribution < -0.4 is 5.32 Å². The minimum Gasteiger partial charge on any atom is -0.466 e. The van der Waals surface area contributed by atoms with E-state index in [2.05, 4.69) is 5.32 Å². The predicted molar refractivity (Wildman–Crippen MR) is 95.9 cm³/mol. The van der Waals surface area contributed by atoms with Crippen molar-refractivity contribution < 1.29 is 14.3 Å². The maximum absolute atomic E-state index is 12.2. The minimum atomic E-state index is -0.222. The first-order chi connectivity index (χ1) is 11.4. The van der Waals surface area contributed by atoms with Gasteiger partial charge in [0, 0.05) is 6.54 Å². The molecule has 1 N–H and O–H groups in total. The Morgan fingerprint density at radius 2 is 1.96 bits per heavy atom. The molecule has 0 radical (unpaired) electrons. The van der Waals surface area contributed by atoms with Gasteiger partial charge < -0.3 is 10.1 Å². The Bertz CT molecular complexity index is 625. The molecule has 1 saturated heterocycles. The summed E-state index contributed by atoms with van der Waals surface area (Å²) in [6, 6.07) is 3.00.